The molecule has 3 aromatic rings. The van der Waals surface area contributed by atoms with Gasteiger partial charge < -0.3 is 0 Å². The molecule has 0 saturated heterocycles. The van der Waals surface area contributed by atoms with Crippen LogP contribution in [0.5, 0.6) is 0 Å². The summed E-state index contributed by atoms with van der Waals surface area (Å²) < 4.78 is 14.7. The molecule has 2 aromatic carbocycles. The smallest absolute Gasteiger partial charge is 0.221 e. The van der Waals surface area contributed by atoms with Gasteiger partial charge in [-0.2, -0.15) is 4.98 Å². The molecule has 0 unspecified atom stereocenters. The zero-order chi connectivity index (χ0) is 14.8. The fourth-order valence-electron chi connectivity index (χ4n) is 1.99. The summed E-state index contributed by atoms with van der Waals surface area (Å²) in [6.45, 7) is 0.341. The van der Waals surface area contributed by atoms with E-state index < -0.39 is 0 Å². The second kappa shape index (κ2) is 5.84. The molecule has 3 rings (SSSR count). The monoisotopic (exact) mass is 321 g/mol. The first-order chi connectivity index (χ1) is 10.1. The predicted octanol–water partition coefficient (Wildman–Crippen LogP) is 4.44. The Balaban J connectivity index is 1.93. The van der Waals surface area contributed by atoms with Gasteiger partial charge >= 0.3 is 0 Å². The van der Waals surface area contributed by atoms with Crippen molar-refractivity contribution in [3.8, 4) is 11.4 Å². The molecule has 0 aliphatic carbocycles. The average molecular weight is 322 g/mol. The van der Waals surface area contributed by atoms with Crippen molar-refractivity contribution in [2.75, 3.05) is 0 Å². The van der Waals surface area contributed by atoms with Crippen LogP contribution in [0.3, 0.4) is 0 Å². The number of hydrogen-bond acceptors (Lipinski definition) is 2. The highest BCUT2D eigenvalue weighted by Crippen LogP contribution is 2.26. The number of aromatic nitrogens is 3. The van der Waals surface area contributed by atoms with Gasteiger partial charge in [-0.3, -0.25) is 0 Å². The lowest BCUT2D eigenvalue weighted by molar-refractivity contribution is 0.619. The van der Waals surface area contributed by atoms with E-state index in [0.717, 1.165) is 5.56 Å². The summed E-state index contributed by atoms with van der Waals surface area (Å²) in [6, 6.07) is 13.5. The van der Waals surface area contributed by atoms with E-state index in [1.54, 1.807) is 18.2 Å². The van der Waals surface area contributed by atoms with Crippen LogP contribution >= 0.6 is 23.2 Å². The first-order valence-electron chi connectivity index (χ1n) is 6.23. The van der Waals surface area contributed by atoms with Gasteiger partial charge in [-0.1, -0.05) is 35.9 Å². The van der Waals surface area contributed by atoms with E-state index in [9.17, 15) is 4.39 Å². The Labute approximate surface area is 131 Å². The number of hydrogen-bond donors (Lipinski definition) is 0. The molecule has 106 valence electrons. The number of nitrogens with zero attached hydrogens (tertiary/aromatic N) is 3. The van der Waals surface area contributed by atoms with Gasteiger partial charge in [0.05, 0.1) is 11.6 Å². The summed E-state index contributed by atoms with van der Waals surface area (Å²) in [5.41, 5.74) is 1.46. The van der Waals surface area contributed by atoms with Gasteiger partial charge in [0.2, 0.25) is 5.28 Å². The summed E-state index contributed by atoms with van der Waals surface area (Å²) in [5, 5.41) is 5.12. The quantitative estimate of drug-likeness (QED) is 0.714. The molecule has 0 bridgehead atoms. The Morgan fingerprint density at radius 1 is 1.05 bits per heavy atom. The Hall–Kier alpha value is -1.91. The average Bonchev–Trinajstić information content (AvgIpc) is 2.80. The van der Waals surface area contributed by atoms with Gasteiger partial charge in [0.25, 0.3) is 0 Å². The highest BCUT2D eigenvalue weighted by atomic mass is 35.5. The van der Waals surface area contributed by atoms with Gasteiger partial charge in [0.1, 0.15) is 5.82 Å². The Bertz CT molecular complexity index is 786. The molecule has 0 atom stereocenters. The molecule has 0 amide bonds. The molecule has 0 N–H and O–H groups in total. The van der Waals surface area contributed by atoms with Gasteiger partial charge in [0, 0.05) is 5.56 Å². The molecule has 21 heavy (non-hydrogen) atoms. The van der Waals surface area contributed by atoms with E-state index in [0.29, 0.717) is 23.0 Å². The zero-order valence-corrected chi connectivity index (χ0v) is 12.3. The fraction of sp³-hybridized carbons (Fsp3) is 0.0667. The second-order valence-electron chi connectivity index (χ2n) is 4.47. The minimum atomic E-state index is -0.296. The molecule has 0 spiro atoms. The lowest BCUT2D eigenvalue weighted by Crippen LogP contribution is -2.02. The SMILES string of the molecule is Fc1cccc(Cn2nc(-c3ccccc3Cl)nc2Cl)c1. The van der Waals surface area contributed by atoms with Crippen LogP contribution < -0.4 is 0 Å². The van der Waals surface area contributed by atoms with Crippen LogP contribution in [0.4, 0.5) is 4.39 Å². The maximum absolute atomic E-state index is 13.2. The first kappa shape index (κ1) is 14.0. The van der Waals surface area contributed by atoms with Gasteiger partial charge in [-0.05, 0) is 41.4 Å². The summed E-state index contributed by atoms with van der Waals surface area (Å²) >= 11 is 12.2. The van der Waals surface area contributed by atoms with E-state index in [-0.39, 0.29) is 11.1 Å². The number of benzene rings is 2. The number of rotatable bonds is 3. The van der Waals surface area contributed by atoms with Crippen LogP contribution in [0.1, 0.15) is 5.56 Å². The van der Waals surface area contributed by atoms with E-state index in [1.165, 1.54) is 16.8 Å². The lowest BCUT2D eigenvalue weighted by atomic mass is 10.2. The van der Waals surface area contributed by atoms with Crippen LogP contribution in [-0.2, 0) is 6.54 Å². The predicted molar refractivity (Wildman–Crippen MR) is 81.0 cm³/mol. The molecule has 0 saturated carbocycles. The van der Waals surface area contributed by atoms with Gasteiger partial charge in [-0.15, -0.1) is 5.10 Å². The van der Waals surface area contributed by atoms with E-state index in [2.05, 4.69) is 10.1 Å². The maximum atomic E-state index is 13.2. The largest absolute Gasteiger partial charge is 0.231 e. The van der Waals surface area contributed by atoms with Crippen molar-refractivity contribution < 1.29 is 4.39 Å². The molecule has 1 aromatic heterocycles. The van der Waals surface area contributed by atoms with Crippen molar-refractivity contribution in [2.24, 2.45) is 0 Å². The van der Waals surface area contributed by atoms with E-state index in [4.69, 9.17) is 23.2 Å². The highest BCUT2D eigenvalue weighted by Gasteiger charge is 2.12. The second-order valence-corrected chi connectivity index (χ2v) is 5.22. The van der Waals surface area contributed by atoms with Crippen molar-refractivity contribution in [3.63, 3.8) is 0 Å². The Morgan fingerprint density at radius 2 is 1.86 bits per heavy atom. The fourth-order valence-corrected chi connectivity index (χ4v) is 2.39. The third-order valence-corrected chi connectivity index (χ3v) is 3.57. The topological polar surface area (TPSA) is 30.7 Å². The molecular weight excluding hydrogens is 312 g/mol. The molecule has 0 radical (unpaired) electrons. The van der Waals surface area contributed by atoms with Crippen LogP contribution in [-0.4, -0.2) is 14.8 Å². The maximum Gasteiger partial charge on any atom is 0.221 e. The van der Waals surface area contributed by atoms with E-state index in [1.807, 2.05) is 18.2 Å². The van der Waals surface area contributed by atoms with Gasteiger partial charge in [0.15, 0.2) is 5.82 Å². The van der Waals surface area contributed by atoms with Gasteiger partial charge in [-0.25, -0.2) is 9.07 Å². The number of halogens is 3. The van der Waals surface area contributed by atoms with Crippen LogP contribution in [0.2, 0.25) is 10.3 Å². The lowest BCUT2D eigenvalue weighted by Gasteiger charge is -2.02. The van der Waals surface area contributed by atoms with Crippen molar-refractivity contribution >= 4 is 23.2 Å². The summed E-state index contributed by atoms with van der Waals surface area (Å²) in [7, 11) is 0. The minimum Gasteiger partial charge on any atom is -0.231 e. The molecule has 0 aliphatic heterocycles. The van der Waals surface area contributed by atoms with E-state index >= 15 is 0 Å². The molecule has 6 heteroatoms. The standard InChI is InChI=1S/C15H10Cl2FN3/c16-13-7-2-1-6-12(13)14-19-15(17)21(20-14)9-10-4-3-5-11(18)8-10/h1-8H,9H2. The summed E-state index contributed by atoms with van der Waals surface area (Å²) in [4.78, 5) is 4.20. The van der Waals surface area contributed by atoms with Crippen molar-refractivity contribution in [1.29, 1.82) is 0 Å². The van der Waals surface area contributed by atoms with Crippen LogP contribution in [0.25, 0.3) is 11.4 Å². The molecule has 3 nitrogen and oxygen atoms in total. The molecule has 0 aliphatic rings. The minimum absolute atomic E-state index is 0.231. The third kappa shape index (κ3) is 3.06. The van der Waals surface area contributed by atoms with Crippen LogP contribution in [0.15, 0.2) is 48.5 Å². The van der Waals surface area contributed by atoms with Crippen molar-refractivity contribution in [2.45, 2.75) is 6.54 Å². The van der Waals surface area contributed by atoms with Crippen molar-refractivity contribution in [1.82, 2.24) is 14.8 Å². The third-order valence-electron chi connectivity index (χ3n) is 2.96. The highest BCUT2D eigenvalue weighted by molar-refractivity contribution is 6.33. The Morgan fingerprint density at radius 3 is 2.62 bits per heavy atom. The molecule has 1 heterocycles. The molecule has 0 fully saturated rings. The normalized spacial score (nSPS) is 10.8. The molecular formula is C15H10Cl2FN3. The first-order valence-corrected chi connectivity index (χ1v) is 6.99. The zero-order valence-electron chi connectivity index (χ0n) is 10.8. The van der Waals surface area contributed by atoms with Crippen LogP contribution in [0, 0.1) is 5.82 Å². The summed E-state index contributed by atoms with van der Waals surface area (Å²) in [5.74, 6) is 0.150. The van der Waals surface area contributed by atoms with Crippen molar-refractivity contribution in [3.05, 3.63) is 70.2 Å². The Kier molecular flexibility index (Phi) is 3.90. The summed E-state index contributed by atoms with van der Waals surface area (Å²) in [6.07, 6.45) is 0.